The van der Waals surface area contributed by atoms with Crippen LogP contribution in [0.15, 0.2) is 46.9 Å². The Hall–Kier alpha value is -1.32. The summed E-state index contributed by atoms with van der Waals surface area (Å²) in [4.78, 5) is 0.960. The number of hydrogen-bond acceptors (Lipinski definition) is 3. The van der Waals surface area contributed by atoms with Crippen LogP contribution in [0.25, 0.3) is 0 Å². The number of thiophene rings is 1. The Kier molecular flexibility index (Phi) is 3.59. The molecule has 0 saturated heterocycles. The third-order valence-electron chi connectivity index (χ3n) is 2.06. The predicted molar refractivity (Wildman–Crippen MR) is 71.5 cm³/mol. The maximum Gasteiger partial charge on any atom is 0.166 e. The summed E-state index contributed by atoms with van der Waals surface area (Å²) < 4.78 is 0. The highest BCUT2D eigenvalue weighted by Crippen LogP contribution is 2.14. The first-order valence-electron chi connectivity index (χ1n) is 4.85. The minimum atomic E-state index is 0.482. The normalized spacial score (nSPS) is 11.5. The second kappa shape index (κ2) is 5.14. The van der Waals surface area contributed by atoms with E-state index in [0.29, 0.717) is 5.17 Å². The molecule has 0 fully saturated rings. The van der Waals surface area contributed by atoms with E-state index in [9.17, 15) is 0 Å². The molecule has 1 aromatic carbocycles. The fraction of sp³-hybridized carbons (Fsp3) is 0.0833. The molecule has 1 heterocycles. The SMILES string of the molecule is Cc1ccc(N/N=C(\Cl)c2cccs2)cc1. The maximum absolute atomic E-state index is 6.03. The Morgan fingerprint density at radius 1 is 1.25 bits per heavy atom. The summed E-state index contributed by atoms with van der Waals surface area (Å²) in [6, 6.07) is 11.9. The van der Waals surface area contributed by atoms with Gasteiger partial charge in [-0.25, -0.2) is 0 Å². The maximum atomic E-state index is 6.03. The van der Waals surface area contributed by atoms with E-state index in [1.807, 2.05) is 48.7 Å². The van der Waals surface area contributed by atoms with Crippen LogP contribution in [0.2, 0.25) is 0 Å². The fourth-order valence-corrected chi connectivity index (χ4v) is 2.04. The summed E-state index contributed by atoms with van der Waals surface area (Å²) >= 11 is 7.59. The number of benzene rings is 1. The van der Waals surface area contributed by atoms with Crippen LogP contribution in [0.1, 0.15) is 10.4 Å². The second-order valence-corrected chi connectivity index (χ2v) is 4.66. The van der Waals surface area contributed by atoms with E-state index in [1.54, 1.807) is 11.3 Å². The van der Waals surface area contributed by atoms with Crippen LogP contribution in [0, 0.1) is 6.92 Å². The third-order valence-corrected chi connectivity index (χ3v) is 3.34. The van der Waals surface area contributed by atoms with Crippen molar-refractivity contribution in [1.82, 2.24) is 0 Å². The number of aryl methyl sites for hydroxylation is 1. The lowest BCUT2D eigenvalue weighted by Crippen LogP contribution is -1.94. The number of rotatable bonds is 3. The van der Waals surface area contributed by atoms with Gasteiger partial charge in [0, 0.05) is 0 Å². The number of nitrogens with one attached hydrogen (secondary N) is 1. The van der Waals surface area contributed by atoms with Gasteiger partial charge in [0.25, 0.3) is 0 Å². The molecule has 0 saturated carbocycles. The molecule has 2 aromatic rings. The number of hydrazone groups is 1. The highest BCUT2D eigenvalue weighted by molar-refractivity contribution is 7.14. The summed E-state index contributed by atoms with van der Waals surface area (Å²) in [6.45, 7) is 2.05. The van der Waals surface area contributed by atoms with Gasteiger partial charge in [0.05, 0.1) is 10.6 Å². The molecule has 0 aliphatic heterocycles. The van der Waals surface area contributed by atoms with Crippen molar-refractivity contribution >= 4 is 33.8 Å². The van der Waals surface area contributed by atoms with Gasteiger partial charge >= 0.3 is 0 Å². The van der Waals surface area contributed by atoms with Gasteiger partial charge < -0.3 is 0 Å². The number of nitrogens with zero attached hydrogens (tertiary/aromatic N) is 1. The van der Waals surface area contributed by atoms with Crippen molar-refractivity contribution < 1.29 is 0 Å². The monoisotopic (exact) mass is 250 g/mol. The van der Waals surface area contributed by atoms with Gasteiger partial charge in [-0.3, -0.25) is 5.43 Å². The first-order chi connectivity index (χ1) is 7.75. The Morgan fingerprint density at radius 2 is 2.00 bits per heavy atom. The van der Waals surface area contributed by atoms with Crippen LogP contribution in [-0.4, -0.2) is 5.17 Å². The molecule has 0 amide bonds. The molecular formula is C12H11ClN2S. The molecule has 0 spiro atoms. The van der Waals surface area contributed by atoms with Crippen molar-refractivity contribution in [2.75, 3.05) is 5.43 Å². The van der Waals surface area contributed by atoms with Gasteiger partial charge in [-0.1, -0.05) is 35.4 Å². The summed E-state index contributed by atoms with van der Waals surface area (Å²) in [5.74, 6) is 0. The number of anilines is 1. The zero-order valence-corrected chi connectivity index (χ0v) is 10.3. The Morgan fingerprint density at radius 3 is 2.62 bits per heavy atom. The van der Waals surface area contributed by atoms with Crippen LogP contribution in [0.3, 0.4) is 0 Å². The van der Waals surface area contributed by atoms with Gasteiger partial charge in [0.15, 0.2) is 5.17 Å². The lowest BCUT2D eigenvalue weighted by atomic mass is 10.2. The molecule has 0 aliphatic rings. The van der Waals surface area contributed by atoms with E-state index in [1.165, 1.54) is 5.56 Å². The molecule has 82 valence electrons. The highest BCUT2D eigenvalue weighted by atomic mass is 35.5. The first-order valence-corrected chi connectivity index (χ1v) is 6.11. The zero-order valence-electron chi connectivity index (χ0n) is 8.77. The smallest absolute Gasteiger partial charge is 0.166 e. The predicted octanol–water partition coefficient (Wildman–Crippen LogP) is 4.07. The lowest BCUT2D eigenvalue weighted by Gasteiger charge is -2.01. The van der Waals surface area contributed by atoms with Crippen molar-refractivity contribution in [3.05, 3.63) is 52.2 Å². The fourth-order valence-electron chi connectivity index (χ4n) is 1.19. The molecular weight excluding hydrogens is 240 g/mol. The molecule has 0 bridgehead atoms. The highest BCUT2D eigenvalue weighted by Gasteiger charge is 1.99. The van der Waals surface area contributed by atoms with Crippen LogP contribution >= 0.6 is 22.9 Å². The molecule has 4 heteroatoms. The van der Waals surface area contributed by atoms with E-state index < -0.39 is 0 Å². The second-order valence-electron chi connectivity index (χ2n) is 3.36. The van der Waals surface area contributed by atoms with Crippen LogP contribution in [0.5, 0.6) is 0 Å². The molecule has 0 radical (unpaired) electrons. The Labute approximate surface area is 104 Å². The van der Waals surface area contributed by atoms with Crippen LogP contribution in [-0.2, 0) is 0 Å². The topological polar surface area (TPSA) is 24.4 Å². The van der Waals surface area contributed by atoms with Gasteiger partial charge in [-0.05, 0) is 30.5 Å². The lowest BCUT2D eigenvalue weighted by molar-refractivity contribution is 1.34. The first kappa shape index (κ1) is 11.2. The van der Waals surface area contributed by atoms with Gasteiger partial charge in [0.1, 0.15) is 0 Å². The van der Waals surface area contributed by atoms with Gasteiger partial charge in [-0.2, -0.15) is 5.10 Å². The summed E-state index contributed by atoms with van der Waals surface area (Å²) in [5.41, 5.74) is 5.07. The van der Waals surface area contributed by atoms with Crippen molar-refractivity contribution in [3.8, 4) is 0 Å². The van der Waals surface area contributed by atoms with Crippen molar-refractivity contribution in [1.29, 1.82) is 0 Å². The molecule has 2 rings (SSSR count). The minimum Gasteiger partial charge on any atom is -0.277 e. The van der Waals surface area contributed by atoms with E-state index >= 15 is 0 Å². The van der Waals surface area contributed by atoms with Crippen molar-refractivity contribution in [2.24, 2.45) is 5.10 Å². The molecule has 16 heavy (non-hydrogen) atoms. The van der Waals surface area contributed by atoms with Gasteiger partial charge in [0.2, 0.25) is 0 Å². The Bertz CT molecular complexity index is 474. The summed E-state index contributed by atoms with van der Waals surface area (Å²) in [7, 11) is 0. The number of halogens is 1. The molecule has 2 nitrogen and oxygen atoms in total. The van der Waals surface area contributed by atoms with E-state index in [-0.39, 0.29) is 0 Å². The third kappa shape index (κ3) is 2.84. The van der Waals surface area contributed by atoms with Crippen LogP contribution in [0.4, 0.5) is 5.69 Å². The average molecular weight is 251 g/mol. The summed E-state index contributed by atoms with van der Waals surface area (Å²) in [5, 5.41) is 6.56. The van der Waals surface area contributed by atoms with Gasteiger partial charge in [-0.15, -0.1) is 11.3 Å². The number of hydrogen-bond donors (Lipinski definition) is 1. The van der Waals surface area contributed by atoms with E-state index in [0.717, 1.165) is 10.6 Å². The van der Waals surface area contributed by atoms with Crippen molar-refractivity contribution in [2.45, 2.75) is 6.92 Å². The molecule has 0 aliphatic carbocycles. The molecule has 1 aromatic heterocycles. The van der Waals surface area contributed by atoms with Crippen LogP contribution < -0.4 is 5.43 Å². The molecule has 0 unspecified atom stereocenters. The van der Waals surface area contributed by atoms with E-state index in [2.05, 4.69) is 10.5 Å². The quantitative estimate of drug-likeness (QED) is 0.645. The molecule has 1 N–H and O–H groups in total. The minimum absolute atomic E-state index is 0.482. The zero-order chi connectivity index (χ0) is 11.4. The standard InChI is InChI=1S/C12H11ClN2S/c1-9-4-6-10(7-5-9)14-15-12(13)11-3-2-8-16-11/h2-8,14H,1H3/b15-12-. The largest absolute Gasteiger partial charge is 0.277 e. The van der Waals surface area contributed by atoms with E-state index in [4.69, 9.17) is 11.6 Å². The summed E-state index contributed by atoms with van der Waals surface area (Å²) in [6.07, 6.45) is 0. The molecule has 0 atom stereocenters. The van der Waals surface area contributed by atoms with Crippen molar-refractivity contribution in [3.63, 3.8) is 0 Å². The Balaban J connectivity index is 2.06. The average Bonchev–Trinajstić information content (AvgIpc) is 2.81.